The maximum absolute atomic E-state index is 12.6. The first-order valence-electron chi connectivity index (χ1n) is 7.49. The summed E-state index contributed by atoms with van der Waals surface area (Å²) in [4.78, 5) is 14.3. The van der Waals surface area contributed by atoms with Gasteiger partial charge < -0.3 is 4.90 Å². The van der Waals surface area contributed by atoms with Gasteiger partial charge >= 0.3 is 0 Å². The number of amides is 1. The van der Waals surface area contributed by atoms with Gasteiger partial charge in [0, 0.05) is 24.9 Å². The van der Waals surface area contributed by atoms with Crippen LogP contribution in [0.3, 0.4) is 0 Å². The van der Waals surface area contributed by atoms with Crippen LogP contribution in [0.5, 0.6) is 0 Å². The Morgan fingerprint density at radius 1 is 0.957 bits per heavy atom. The molecular weight excluding hydrogens is 310 g/mol. The fraction of sp³-hybridized carbons (Fsp3) is 0.278. The Morgan fingerprint density at radius 2 is 1.57 bits per heavy atom. The molecule has 0 atom stereocenters. The van der Waals surface area contributed by atoms with E-state index in [1.54, 1.807) is 29.2 Å². The summed E-state index contributed by atoms with van der Waals surface area (Å²) in [6.45, 7) is 3.11. The number of carbonyl (C=O) groups is 1. The van der Waals surface area contributed by atoms with E-state index in [4.69, 9.17) is 0 Å². The smallest absolute Gasteiger partial charge is 0.254 e. The SMILES string of the molecule is CCN(Cc1ccccc1)C(=O)c1ccc(CS(C)(=O)=O)cc1. The number of carbonyl (C=O) groups excluding carboxylic acids is 1. The van der Waals surface area contributed by atoms with Crippen LogP contribution in [0.15, 0.2) is 54.6 Å². The lowest BCUT2D eigenvalue weighted by molar-refractivity contribution is 0.0752. The van der Waals surface area contributed by atoms with Crippen molar-refractivity contribution in [1.29, 1.82) is 0 Å². The van der Waals surface area contributed by atoms with Crippen LogP contribution < -0.4 is 0 Å². The molecule has 23 heavy (non-hydrogen) atoms. The van der Waals surface area contributed by atoms with Gasteiger partial charge in [0.05, 0.1) is 5.75 Å². The molecule has 0 radical (unpaired) electrons. The van der Waals surface area contributed by atoms with Crippen molar-refractivity contribution in [3.63, 3.8) is 0 Å². The molecule has 0 aliphatic carbocycles. The van der Waals surface area contributed by atoms with Crippen LogP contribution in [0, 0.1) is 0 Å². The monoisotopic (exact) mass is 331 g/mol. The quantitative estimate of drug-likeness (QED) is 0.818. The molecule has 0 unspecified atom stereocenters. The van der Waals surface area contributed by atoms with Crippen molar-refractivity contribution in [2.75, 3.05) is 12.8 Å². The molecule has 0 heterocycles. The van der Waals surface area contributed by atoms with Crippen molar-refractivity contribution >= 4 is 15.7 Å². The molecule has 0 aliphatic heterocycles. The number of benzene rings is 2. The van der Waals surface area contributed by atoms with E-state index < -0.39 is 9.84 Å². The zero-order valence-corrected chi connectivity index (χ0v) is 14.2. The van der Waals surface area contributed by atoms with E-state index in [0.29, 0.717) is 24.2 Å². The first-order valence-corrected chi connectivity index (χ1v) is 9.55. The minimum absolute atomic E-state index is 0.0109. The highest BCUT2D eigenvalue weighted by atomic mass is 32.2. The van der Waals surface area contributed by atoms with Crippen molar-refractivity contribution in [1.82, 2.24) is 4.90 Å². The molecule has 4 nitrogen and oxygen atoms in total. The molecule has 0 aliphatic rings. The van der Waals surface area contributed by atoms with Crippen molar-refractivity contribution in [2.24, 2.45) is 0 Å². The summed E-state index contributed by atoms with van der Waals surface area (Å²) < 4.78 is 22.6. The van der Waals surface area contributed by atoms with E-state index in [1.165, 1.54) is 6.26 Å². The fourth-order valence-electron chi connectivity index (χ4n) is 2.36. The van der Waals surface area contributed by atoms with Crippen LogP contribution in [-0.2, 0) is 22.1 Å². The molecule has 0 saturated heterocycles. The summed E-state index contributed by atoms with van der Waals surface area (Å²) >= 11 is 0. The van der Waals surface area contributed by atoms with E-state index in [9.17, 15) is 13.2 Å². The maximum atomic E-state index is 12.6. The first-order chi connectivity index (χ1) is 10.9. The summed E-state index contributed by atoms with van der Waals surface area (Å²) in [7, 11) is -3.07. The van der Waals surface area contributed by atoms with Crippen molar-refractivity contribution in [3.8, 4) is 0 Å². The zero-order chi connectivity index (χ0) is 16.9. The van der Waals surface area contributed by atoms with Gasteiger partial charge in [-0.15, -0.1) is 0 Å². The Hall–Kier alpha value is -2.14. The lowest BCUT2D eigenvalue weighted by Crippen LogP contribution is -2.30. The van der Waals surface area contributed by atoms with Gasteiger partial charge in [-0.3, -0.25) is 4.79 Å². The summed E-state index contributed by atoms with van der Waals surface area (Å²) in [5.41, 5.74) is 2.34. The molecule has 0 aromatic heterocycles. The van der Waals surface area contributed by atoms with E-state index >= 15 is 0 Å². The molecule has 0 saturated carbocycles. The van der Waals surface area contributed by atoms with Gasteiger partial charge in [0.15, 0.2) is 9.84 Å². The molecule has 0 N–H and O–H groups in total. The molecule has 2 aromatic carbocycles. The molecule has 5 heteroatoms. The second kappa shape index (κ2) is 7.42. The van der Waals surface area contributed by atoms with Crippen LogP contribution in [0.25, 0.3) is 0 Å². The highest BCUT2D eigenvalue weighted by molar-refractivity contribution is 7.89. The Bertz CT molecular complexity index is 753. The highest BCUT2D eigenvalue weighted by Gasteiger charge is 2.15. The average molecular weight is 331 g/mol. The third-order valence-corrected chi connectivity index (χ3v) is 4.37. The minimum atomic E-state index is -3.07. The second-order valence-electron chi connectivity index (χ2n) is 5.57. The maximum Gasteiger partial charge on any atom is 0.254 e. The van der Waals surface area contributed by atoms with Crippen molar-refractivity contribution < 1.29 is 13.2 Å². The van der Waals surface area contributed by atoms with Crippen LogP contribution in [-0.4, -0.2) is 32.0 Å². The second-order valence-corrected chi connectivity index (χ2v) is 7.71. The number of sulfone groups is 1. The van der Waals surface area contributed by atoms with Gasteiger partial charge in [0.2, 0.25) is 0 Å². The van der Waals surface area contributed by atoms with Crippen molar-refractivity contribution in [2.45, 2.75) is 19.2 Å². The van der Waals surface area contributed by atoms with E-state index in [1.807, 2.05) is 37.3 Å². The van der Waals surface area contributed by atoms with E-state index in [2.05, 4.69) is 0 Å². The van der Waals surface area contributed by atoms with Gasteiger partial charge in [-0.2, -0.15) is 0 Å². The number of hydrogen-bond acceptors (Lipinski definition) is 3. The fourth-order valence-corrected chi connectivity index (χ4v) is 3.16. The summed E-state index contributed by atoms with van der Waals surface area (Å²) in [5, 5.41) is 0. The topological polar surface area (TPSA) is 54.5 Å². The van der Waals surface area contributed by atoms with Gasteiger partial charge in [0.1, 0.15) is 0 Å². The standard InChI is InChI=1S/C18H21NO3S/c1-3-19(13-15-7-5-4-6-8-15)18(20)17-11-9-16(10-12-17)14-23(2,21)22/h4-12H,3,13-14H2,1-2H3. The summed E-state index contributed by atoms with van der Waals surface area (Å²) in [6.07, 6.45) is 1.20. The van der Waals surface area contributed by atoms with Gasteiger partial charge in [-0.05, 0) is 30.2 Å². The lowest BCUT2D eigenvalue weighted by atomic mass is 10.1. The lowest BCUT2D eigenvalue weighted by Gasteiger charge is -2.21. The normalized spacial score (nSPS) is 11.2. The first kappa shape index (κ1) is 17.2. The Morgan fingerprint density at radius 3 is 2.09 bits per heavy atom. The van der Waals surface area contributed by atoms with Crippen LogP contribution in [0.1, 0.15) is 28.4 Å². The van der Waals surface area contributed by atoms with Crippen molar-refractivity contribution in [3.05, 3.63) is 71.3 Å². The summed E-state index contributed by atoms with van der Waals surface area (Å²) in [6, 6.07) is 16.6. The number of hydrogen-bond donors (Lipinski definition) is 0. The van der Waals surface area contributed by atoms with Crippen LogP contribution >= 0.6 is 0 Å². The zero-order valence-electron chi connectivity index (χ0n) is 13.4. The Balaban J connectivity index is 2.11. The van der Waals surface area contributed by atoms with Crippen LogP contribution in [0.2, 0.25) is 0 Å². The number of rotatable bonds is 6. The minimum Gasteiger partial charge on any atom is -0.335 e. The number of nitrogens with zero attached hydrogens (tertiary/aromatic N) is 1. The Labute approximate surface area is 137 Å². The molecule has 1 amide bonds. The molecule has 2 aromatic rings. The van der Waals surface area contributed by atoms with Gasteiger partial charge in [-0.25, -0.2) is 8.42 Å². The largest absolute Gasteiger partial charge is 0.335 e. The molecular formula is C18H21NO3S. The van der Waals surface area contributed by atoms with E-state index in [0.717, 1.165) is 5.56 Å². The van der Waals surface area contributed by atoms with E-state index in [-0.39, 0.29) is 11.7 Å². The molecule has 122 valence electrons. The summed E-state index contributed by atoms with van der Waals surface area (Å²) in [5.74, 6) is -0.0644. The predicted molar refractivity (Wildman–Crippen MR) is 91.8 cm³/mol. The molecule has 0 bridgehead atoms. The third-order valence-electron chi connectivity index (χ3n) is 3.51. The molecule has 0 spiro atoms. The molecule has 0 fully saturated rings. The Kier molecular flexibility index (Phi) is 5.55. The average Bonchev–Trinajstić information content (AvgIpc) is 2.52. The van der Waals surface area contributed by atoms with Crippen LogP contribution in [0.4, 0.5) is 0 Å². The molecule has 2 rings (SSSR count). The predicted octanol–water partition coefficient (Wildman–Crippen LogP) is 2.89. The van der Waals surface area contributed by atoms with Gasteiger partial charge in [0.25, 0.3) is 5.91 Å². The van der Waals surface area contributed by atoms with Gasteiger partial charge in [-0.1, -0.05) is 42.5 Å². The highest BCUT2D eigenvalue weighted by Crippen LogP contribution is 2.12. The third kappa shape index (κ3) is 5.21.